The molecule has 1 aromatic carbocycles. The van der Waals surface area contributed by atoms with Crippen molar-refractivity contribution in [1.82, 2.24) is 19.9 Å². The third kappa shape index (κ3) is 4.50. The lowest BCUT2D eigenvalue weighted by atomic mass is 10.2. The molecule has 3 aromatic rings. The van der Waals surface area contributed by atoms with Gasteiger partial charge in [-0.3, -0.25) is 0 Å². The molecular formula is C19H24ClN5S. The third-order valence-corrected chi connectivity index (χ3v) is 5.18. The molecule has 0 spiro atoms. The van der Waals surface area contributed by atoms with Crippen LogP contribution in [0.25, 0.3) is 11.0 Å². The molecule has 2 aromatic heterocycles. The SMILES string of the molecule is Cc1cc(Cl)cc(Sc2nc3c(N)nccc3n2CCCNC(C)C)c1. The first-order valence-electron chi connectivity index (χ1n) is 8.73. The van der Waals surface area contributed by atoms with E-state index in [0.29, 0.717) is 11.9 Å². The number of anilines is 1. The molecule has 0 aliphatic rings. The van der Waals surface area contributed by atoms with E-state index in [4.69, 9.17) is 22.3 Å². The maximum atomic E-state index is 6.21. The van der Waals surface area contributed by atoms with E-state index in [9.17, 15) is 0 Å². The number of aryl methyl sites for hydroxylation is 2. The van der Waals surface area contributed by atoms with Crippen LogP contribution in [0.5, 0.6) is 0 Å². The summed E-state index contributed by atoms with van der Waals surface area (Å²) >= 11 is 7.82. The van der Waals surface area contributed by atoms with E-state index < -0.39 is 0 Å². The lowest BCUT2D eigenvalue weighted by Crippen LogP contribution is -2.24. The number of rotatable bonds is 7. The van der Waals surface area contributed by atoms with Gasteiger partial charge in [0.1, 0.15) is 5.52 Å². The Morgan fingerprint density at radius 2 is 2.12 bits per heavy atom. The van der Waals surface area contributed by atoms with Crippen molar-refractivity contribution in [3.05, 3.63) is 41.0 Å². The van der Waals surface area contributed by atoms with E-state index in [0.717, 1.165) is 51.2 Å². The summed E-state index contributed by atoms with van der Waals surface area (Å²) in [7, 11) is 0. The predicted molar refractivity (Wildman–Crippen MR) is 110 cm³/mol. The highest BCUT2D eigenvalue weighted by Gasteiger charge is 2.15. The summed E-state index contributed by atoms with van der Waals surface area (Å²) < 4.78 is 2.22. The van der Waals surface area contributed by atoms with Crippen LogP contribution in [0.15, 0.2) is 40.5 Å². The van der Waals surface area contributed by atoms with Gasteiger partial charge in [0.05, 0.1) is 5.52 Å². The van der Waals surface area contributed by atoms with Gasteiger partial charge in [-0.2, -0.15) is 0 Å². The van der Waals surface area contributed by atoms with Gasteiger partial charge in [-0.05, 0) is 49.7 Å². The second kappa shape index (κ2) is 8.29. The number of aromatic nitrogens is 3. The molecule has 0 radical (unpaired) electrons. The fourth-order valence-electron chi connectivity index (χ4n) is 2.84. The van der Waals surface area contributed by atoms with Gasteiger partial charge in [-0.1, -0.05) is 37.2 Å². The Hall–Kier alpha value is -1.76. The molecule has 0 aliphatic heterocycles. The Balaban J connectivity index is 1.92. The molecule has 0 atom stereocenters. The van der Waals surface area contributed by atoms with Crippen LogP contribution in [0, 0.1) is 6.92 Å². The highest BCUT2D eigenvalue weighted by molar-refractivity contribution is 7.99. The van der Waals surface area contributed by atoms with Gasteiger partial charge in [0, 0.05) is 28.7 Å². The number of halogens is 1. The summed E-state index contributed by atoms with van der Waals surface area (Å²) in [6.45, 7) is 8.17. The first kappa shape index (κ1) is 19.0. The highest BCUT2D eigenvalue weighted by Crippen LogP contribution is 2.33. The molecule has 0 saturated heterocycles. The van der Waals surface area contributed by atoms with Crippen molar-refractivity contribution < 1.29 is 0 Å². The zero-order valence-electron chi connectivity index (χ0n) is 15.3. The van der Waals surface area contributed by atoms with Crippen molar-refractivity contribution in [1.29, 1.82) is 0 Å². The number of nitrogen functional groups attached to an aromatic ring is 1. The van der Waals surface area contributed by atoms with Gasteiger partial charge >= 0.3 is 0 Å². The van der Waals surface area contributed by atoms with Crippen LogP contribution in [-0.4, -0.2) is 27.1 Å². The monoisotopic (exact) mass is 389 g/mol. The van der Waals surface area contributed by atoms with Crippen molar-refractivity contribution in [2.24, 2.45) is 0 Å². The summed E-state index contributed by atoms with van der Waals surface area (Å²) in [6, 6.07) is 8.49. The number of imidazole rings is 1. The quantitative estimate of drug-likeness (QED) is 0.581. The molecule has 0 fully saturated rings. The van der Waals surface area contributed by atoms with Crippen molar-refractivity contribution in [2.45, 2.75) is 49.8 Å². The van der Waals surface area contributed by atoms with E-state index in [2.05, 4.69) is 34.8 Å². The van der Waals surface area contributed by atoms with Gasteiger partial charge in [0.2, 0.25) is 0 Å². The van der Waals surface area contributed by atoms with E-state index in [1.54, 1.807) is 18.0 Å². The van der Waals surface area contributed by atoms with Crippen LogP contribution in [0.2, 0.25) is 5.02 Å². The lowest BCUT2D eigenvalue weighted by Gasteiger charge is -2.11. The largest absolute Gasteiger partial charge is 0.382 e. The Kier molecular flexibility index (Phi) is 6.06. The molecule has 0 saturated carbocycles. The molecule has 7 heteroatoms. The Bertz CT molecular complexity index is 886. The van der Waals surface area contributed by atoms with E-state index in [1.807, 2.05) is 25.1 Å². The Morgan fingerprint density at radius 1 is 1.31 bits per heavy atom. The van der Waals surface area contributed by atoms with Crippen molar-refractivity contribution >= 4 is 40.2 Å². The molecule has 3 N–H and O–H groups in total. The van der Waals surface area contributed by atoms with Crippen LogP contribution < -0.4 is 11.1 Å². The smallest absolute Gasteiger partial charge is 0.174 e. The molecule has 0 amide bonds. The lowest BCUT2D eigenvalue weighted by molar-refractivity contribution is 0.526. The first-order chi connectivity index (χ1) is 12.4. The molecule has 0 unspecified atom stereocenters. The third-order valence-electron chi connectivity index (χ3n) is 4.00. The van der Waals surface area contributed by atoms with Crippen LogP contribution >= 0.6 is 23.4 Å². The predicted octanol–water partition coefficient (Wildman–Crippen LogP) is 4.51. The molecule has 26 heavy (non-hydrogen) atoms. The van der Waals surface area contributed by atoms with Crippen LogP contribution in [0.4, 0.5) is 5.82 Å². The minimum Gasteiger partial charge on any atom is -0.382 e. The second-order valence-corrected chi connectivity index (χ2v) is 8.12. The summed E-state index contributed by atoms with van der Waals surface area (Å²) in [5.74, 6) is 0.464. The van der Waals surface area contributed by atoms with Gasteiger partial charge in [-0.25, -0.2) is 9.97 Å². The zero-order chi connectivity index (χ0) is 18.7. The van der Waals surface area contributed by atoms with Crippen molar-refractivity contribution in [3.8, 4) is 0 Å². The summed E-state index contributed by atoms with van der Waals surface area (Å²) in [4.78, 5) is 10.00. The second-order valence-electron chi connectivity index (χ2n) is 6.64. The normalized spacial score (nSPS) is 11.6. The molecule has 3 rings (SSSR count). The number of benzene rings is 1. The summed E-state index contributed by atoms with van der Waals surface area (Å²) in [6.07, 6.45) is 2.74. The summed E-state index contributed by atoms with van der Waals surface area (Å²) in [5.41, 5.74) is 8.95. The Labute approximate surface area is 163 Å². The van der Waals surface area contributed by atoms with Crippen molar-refractivity contribution in [2.75, 3.05) is 12.3 Å². The first-order valence-corrected chi connectivity index (χ1v) is 9.92. The maximum Gasteiger partial charge on any atom is 0.174 e. The average molecular weight is 390 g/mol. The summed E-state index contributed by atoms with van der Waals surface area (Å²) in [5, 5.41) is 5.10. The van der Waals surface area contributed by atoms with Crippen LogP contribution in [0.3, 0.4) is 0 Å². The molecular weight excluding hydrogens is 366 g/mol. The van der Waals surface area contributed by atoms with Gasteiger partial charge in [0.25, 0.3) is 0 Å². The molecule has 5 nitrogen and oxygen atoms in total. The van der Waals surface area contributed by atoms with Gasteiger partial charge < -0.3 is 15.6 Å². The zero-order valence-corrected chi connectivity index (χ0v) is 16.9. The van der Waals surface area contributed by atoms with Crippen LogP contribution in [0.1, 0.15) is 25.8 Å². The van der Waals surface area contributed by atoms with E-state index in [1.165, 1.54) is 0 Å². The minimum absolute atomic E-state index is 0.464. The van der Waals surface area contributed by atoms with Crippen molar-refractivity contribution in [3.63, 3.8) is 0 Å². The number of fused-ring (bicyclic) bond motifs is 1. The van der Waals surface area contributed by atoms with Gasteiger partial charge in [0.15, 0.2) is 11.0 Å². The fourth-order valence-corrected chi connectivity index (χ4v) is 4.27. The standard InChI is InChI=1S/C19H24ClN5S/c1-12(2)22-6-4-8-25-16-5-7-23-18(21)17(16)24-19(25)26-15-10-13(3)9-14(20)11-15/h5,7,9-12,22H,4,6,8H2,1-3H3,(H2,21,23). The molecule has 0 bridgehead atoms. The van der Waals surface area contributed by atoms with E-state index >= 15 is 0 Å². The molecule has 0 aliphatic carbocycles. The number of pyridine rings is 1. The number of nitrogens with one attached hydrogen (secondary N) is 1. The topological polar surface area (TPSA) is 68.8 Å². The maximum absolute atomic E-state index is 6.21. The van der Waals surface area contributed by atoms with Crippen LogP contribution in [-0.2, 0) is 6.54 Å². The Morgan fingerprint density at radius 3 is 2.85 bits per heavy atom. The number of hydrogen-bond donors (Lipinski definition) is 2. The molecule has 2 heterocycles. The fraction of sp³-hybridized carbons (Fsp3) is 0.368. The average Bonchev–Trinajstić information content (AvgIpc) is 2.89. The number of nitrogens with two attached hydrogens (primary N) is 1. The number of hydrogen-bond acceptors (Lipinski definition) is 5. The minimum atomic E-state index is 0.464. The molecule has 138 valence electrons. The highest BCUT2D eigenvalue weighted by atomic mass is 35.5. The number of nitrogens with zero attached hydrogens (tertiary/aromatic N) is 3. The van der Waals surface area contributed by atoms with Gasteiger partial charge in [-0.15, -0.1) is 0 Å². The van der Waals surface area contributed by atoms with E-state index in [-0.39, 0.29) is 0 Å².